The van der Waals surface area contributed by atoms with E-state index in [-0.39, 0.29) is 5.91 Å². The Balaban J connectivity index is 2.23. The summed E-state index contributed by atoms with van der Waals surface area (Å²) in [6.45, 7) is 13.0. The van der Waals surface area contributed by atoms with Crippen molar-refractivity contribution in [1.29, 1.82) is 0 Å². The average molecular weight is 297 g/mol. The fourth-order valence-electron chi connectivity index (χ4n) is 2.47. The molecule has 0 atom stereocenters. The van der Waals surface area contributed by atoms with E-state index >= 15 is 0 Å². The Hall–Kier alpha value is -2.36. The molecule has 1 aromatic heterocycles. The number of rotatable bonds is 5. The highest BCUT2D eigenvalue weighted by Gasteiger charge is 2.14. The summed E-state index contributed by atoms with van der Waals surface area (Å²) in [6, 6.07) is 9.61. The minimum atomic E-state index is 0.0328. The summed E-state index contributed by atoms with van der Waals surface area (Å²) >= 11 is 0. The number of carbonyl (C=O) groups excluding carboxylic acids is 1. The lowest BCUT2D eigenvalue weighted by atomic mass is 10.1. The topological polar surface area (TPSA) is 38.1 Å². The van der Waals surface area contributed by atoms with Gasteiger partial charge in [0.25, 0.3) is 5.91 Å². The van der Waals surface area contributed by atoms with Crippen LogP contribution in [0.4, 0.5) is 0 Å². The van der Waals surface area contributed by atoms with Gasteiger partial charge in [-0.1, -0.05) is 12.2 Å². The summed E-state index contributed by atoms with van der Waals surface area (Å²) in [5.41, 5.74) is 4.69. The number of nitrogens with zero attached hydrogens (tertiary/aromatic N) is 3. The summed E-state index contributed by atoms with van der Waals surface area (Å²) in [4.78, 5) is 14.3. The predicted molar refractivity (Wildman–Crippen MR) is 89.4 cm³/mol. The molecule has 0 radical (unpaired) electrons. The number of carbonyl (C=O) groups is 1. The van der Waals surface area contributed by atoms with Crippen molar-refractivity contribution in [3.8, 4) is 5.69 Å². The van der Waals surface area contributed by atoms with Gasteiger partial charge in [0.1, 0.15) is 0 Å². The second kappa shape index (κ2) is 6.60. The molecule has 0 saturated heterocycles. The lowest BCUT2D eigenvalue weighted by molar-refractivity contribution is 0.0778. The predicted octanol–water partition coefficient (Wildman–Crippen LogP) is 3.53. The molecule has 4 nitrogen and oxygen atoms in total. The van der Waals surface area contributed by atoms with Crippen molar-refractivity contribution in [3.05, 3.63) is 59.4 Å². The third-order valence-corrected chi connectivity index (χ3v) is 3.50. The summed E-state index contributed by atoms with van der Waals surface area (Å²) in [6.07, 6.45) is 0. The fraction of sp³-hybridized carbons (Fsp3) is 0.333. The molecule has 22 heavy (non-hydrogen) atoms. The zero-order valence-corrected chi connectivity index (χ0v) is 13.8. The monoisotopic (exact) mass is 297 g/mol. The van der Waals surface area contributed by atoms with Crippen molar-refractivity contribution in [3.63, 3.8) is 0 Å². The first-order valence-electron chi connectivity index (χ1n) is 7.49. The van der Waals surface area contributed by atoms with Gasteiger partial charge >= 0.3 is 0 Å². The van der Waals surface area contributed by atoms with Gasteiger partial charge in [-0.25, -0.2) is 4.68 Å². The molecule has 0 spiro atoms. The van der Waals surface area contributed by atoms with Crippen LogP contribution in [-0.2, 0) is 0 Å². The molecule has 1 heterocycles. The van der Waals surface area contributed by atoms with E-state index in [1.807, 2.05) is 62.7 Å². The zero-order chi connectivity index (χ0) is 16.3. The maximum Gasteiger partial charge on any atom is 0.254 e. The number of hydrogen-bond acceptors (Lipinski definition) is 2. The van der Waals surface area contributed by atoms with Crippen molar-refractivity contribution < 1.29 is 4.79 Å². The lowest BCUT2D eigenvalue weighted by Crippen LogP contribution is -2.32. The van der Waals surface area contributed by atoms with Crippen LogP contribution >= 0.6 is 0 Å². The molecule has 0 aliphatic heterocycles. The number of aromatic nitrogens is 2. The van der Waals surface area contributed by atoms with E-state index in [1.54, 1.807) is 4.90 Å². The Kier molecular flexibility index (Phi) is 4.81. The van der Waals surface area contributed by atoms with Gasteiger partial charge in [-0.2, -0.15) is 5.10 Å². The number of benzene rings is 1. The molecule has 0 bridgehead atoms. The van der Waals surface area contributed by atoms with Crippen molar-refractivity contribution in [2.24, 2.45) is 0 Å². The highest BCUT2D eigenvalue weighted by atomic mass is 16.2. The average Bonchev–Trinajstić information content (AvgIpc) is 2.82. The van der Waals surface area contributed by atoms with Gasteiger partial charge in [-0.3, -0.25) is 4.79 Å². The van der Waals surface area contributed by atoms with Crippen LogP contribution < -0.4 is 0 Å². The van der Waals surface area contributed by atoms with Crippen molar-refractivity contribution >= 4 is 5.91 Å². The van der Waals surface area contributed by atoms with Gasteiger partial charge in [0, 0.05) is 24.3 Å². The van der Waals surface area contributed by atoms with Crippen LogP contribution in [0.3, 0.4) is 0 Å². The minimum Gasteiger partial charge on any atom is -0.335 e. The second-order valence-corrected chi connectivity index (χ2v) is 5.66. The third kappa shape index (κ3) is 3.45. The zero-order valence-electron chi connectivity index (χ0n) is 13.8. The first-order chi connectivity index (χ1) is 10.4. The van der Waals surface area contributed by atoms with E-state index in [2.05, 4.69) is 11.7 Å². The largest absolute Gasteiger partial charge is 0.335 e. The van der Waals surface area contributed by atoms with Crippen LogP contribution in [0.5, 0.6) is 0 Å². The van der Waals surface area contributed by atoms with Gasteiger partial charge in [0.05, 0.1) is 11.4 Å². The standard InChI is InChI=1S/C18H23N3O/c1-6-20(12-13(2)3)18(22)16-7-9-17(10-8-16)21-15(5)11-14(4)19-21/h7-11H,2,6,12H2,1,3-5H3. The molecule has 116 valence electrons. The molecule has 4 heteroatoms. The molecule has 0 aliphatic carbocycles. The summed E-state index contributed by atoms with van der Waals surface area (Å²) in [5, 5.41) is 4.46. The van der Waals surface area contributed by atoms with Crippen molar-refractivity contribution in [1.82, 2.24) is 14.7 Å². The first kappa shape index (κ1) is 16.0. The van der Waals surface area contributed by atoms with Crippen LogP contribution in [0, 0.1) is 13.8 Å². The van der Waals surface area contributed by atoms with E-state index < -0.39 is 0 Å². The normalized spacial score (nSPS) is 10.5. The maximum atomic E-state index is 12.5. The highest BCUT2D eigenvalue weighted by molar-refractivity contribution is 5.94. The Morgan fingerprint density at radius 1 is 1.27 bits per heavy atom. The molecule has 1 amide bonds. The van der Waals surface area contributed by atoms with Crippen molar-refractivity contribution in [2.75, 3.05) is 13.1 Å². The number of aryl methyl sites for hydroxylation is 2. The number of hydrogen-bond donors (Lipinski definition) is 0. The smallest absolute Gasteiger partial charge is 0.254 e. The second-order valence-electron chi connectivity index (χ2n) is 5.66. The Morgan fingerprint density at radius 3 is 2.36 bits per heavy atom. The molecule has 0 saturated carbocycles. The van der Waals surface area contributed by atoms with E-state index in [9.17, 15) is 4.79 Å². The Morgan fingerprint density at radius 2 is 1.91 bits per heavy atom. The van der Waals surface area contributed by atoms with Crippen LogP contribution in [0.1, 0.15) is 35.6 Å². The fourth-order valence-corrected chi connectivity index (χ4v) is 2.47. The van der Waals surface area contributed by atoms with Gasteiger partial charge in [0.15, 0.2) is 0 Å². The molecular weight excluding hydrogens is 274 g/mol. The number of likely N-dealkylation sites (N-methyl/N-ethyl adjacent to an activating group) is 1. The van der Waals surface area contributed by atoms with Gasteiger partial charge in [-0.15, -0.1) is 0 Å². The van der Waals surface area contributed by atoms with Crippen molar-refractivity contribution in [2.45, 2.75) is 27.7 Å². The van der Waals surface area contributed by atoms with E-state index in [4.69, 9.17) is 0 Å². The summed E-state index contributed by atoms with van der Waals surface area (Å²) in [7, 11) is 0. The molecule has 2 rings (SSSR count). The third-order valence-electron chi connectivity index (χ3n) is 3.50. The quantitative estimate of drug-likeness (QED) is 0.792. The van der Waals surface area contributed by atoms with Crippen LogP contribution in [-0.4, -0.2) is 33.7 Å². The van der Waals surface area contributed by atoms with Crippen LogP contribution in [0.15, 0.2) is 42.5 Å². The van der Waals surface area contributed by atoms with E-state index in [1.165, 1.54) is 0 Å². The molecular formula is C18H23N3O. The molecule has 2 aromatic rings. The minimum absolute atomic E-state index is 0.0328. The molecule has 0 unspecified atom stereocenters. The molecule has 0 fully saturated rings. The molecule has 1 aromatic carbocycles. The molecule has 0 N–H and O–H groups in total. The lowest BCUT2D eigenvalue weighted by Gasteiger charge is -2.21. The highest BCUT2D eigenvalue weighted by Crippen LogP contribution is 2.14. The first-order valence-corrected chi connectivity index (χ1v) is 7.49. The SMILES string of the molecule is C=C(C)CN(CC)C(=O)c1ccc(-n2nc(C)cc2C)cc1. The summed E-state index contributed by atoms with van der Waals surface area (Å²) in [5.74, 6) is 0.0328. The van der Waals surface area contributed by atoms with Gasteiger partial charge in [0.2, 0.25) is 0 Å². The van der Waals surface area contributed by atoms with Crippen LogP contribution in [0.2, 0.25) is 0 Å². The van der Waals surface area contributed by atoms with E-state index in [0.29, 0.717) is 18.7 Å². The van der Waals surface area contributed by atoms with Gasteiger partial charge < -0.3 is 4.90 Å². The summed E-state index contributed by atoms with van der Waals surface area (Å²) < 4.78 is 1.88. The van der Waals surface area contributed by atoms with Gasteiger partial charge in [-0.05, 0) is 58.0 Å². The van der Waals surface area contributed by atoms with E-state index in [0.717, 1.165) is 22.6 Å². The Bertz CT molecular complexity index is 683. The number of amides is 1. The van der Waals surface area contributed by atoms with Crippen LogP contribution in [0.25, 0.3) is 5.69 Å². The maximum absolute atomic E-state index is 12.5. The Labute approximate surface area is 132 Å². The molecule has 0 aliphatic rings.